The van der Waals surface area contributed by atoms with E-state index >= 15 is 0 Å². The predicted molar refractivity (Wildman–Crippen MR) is 83.8 cm³/mol. The average molecular weight is 296 g/mol. The lowest BCUT2D eigenvalue weighted by Gasteiger charge is -2.23. The molecule has 1 aromatic heterocycles. The topological polar surface area (TPSA) is 71.3 Å². The van der Waals surface area contributed by atoms with Gasteiger partial charge < -0.3 is 10.2 Å². The van der Waals surface area contributed by atoms with Crippen molar-refractivity contribution < 1.29 is 4.92 Å². The fourth-order valence-corrected chi connectivity index (χ4v) is 3.25. The van der Waals surface area contributed by atoms with Crippen LogP contribution in [-0.2, 0) is 0 Å². The van der Waals surface area contributed by atoms with Gasteiger partial charge in [0.25, 0.3) is 5.69 Å². The van der Waals surface area contributed by atoms with Gasteiger partial charge in [-0.25, -0.2) is 4.98 Å². The lowest BCUT2D eigenvalue weighted by molar-refractivity contribution is -0.384. The summed E-state index contributed by atoms with van der Waals surface area (Å²) < 4.78 is 0.251. The Balaban J connectivity index is 2.27. The van der Waals surface area contributed by atoms with Crippen LogP contribution in [0.1, 0.15) is 20.3 Å². The smallest absolute Gasteiger partial charge is 0.276 e. The molecule has 0 amide bonds. The summed E-state index contributed by atoms with van der Waals surface area (Å²) in [5.74, 6) is 2.22. The van der Waals surface area contributed by atoms with Crippen LogP contribution >= 0.6 is 11.8 Å². The Morgan fingerprint density at radius 3 is 2.85 bits per heavy atom. The molecule has 0 radical (unpaired) electrons. The molecule has 0 atom stereocenters. The van der Waals surface area contributed by atoms with E-state index in [1.165, 1.54) is 6.07 Å². The van der Waals surface area contributed by atoms with Crippen molar-refractivity contribution in [2.45, 2.75) is 25.0 Å². The summed E-state index contributed by atoms with van der Waals surface area (Å²) in [5, 5.41) is 13.9. The van der Waals surface area contributed by atoms with Gasteiger partial charge in [-0.3, -0.25) is 10.1 Å². The number of hydrogen-bond donors (Lipinski definition) is 1. The first-order chi connectivity index (χ1) is 9.41. The number of nitro groups is 1. The van der Waals surface area contributed by atoms with Gasteiger partial charge in [0.2, 0.25) is 0 Å². The van der Waals surface area contributed by atoms with Crippen molar-refractivity contribution in [3.8, 4) is 0 Å². The summed E-state index contributed by atoms with van der Waals surface area (Å²) in [5.41, 5.74) is 0.0792. The maximum Gasteiger partial charge on any atom is 0.276 e. The lowest BCUT2D eigenvalue weighted by Crippen LogP contribution is -2.28. The van der Waals surface area contributed by atoms with Crippen molar-refractivity contribution in [2.75, 3.05) is 36.1 Å². The molecule has 0 unspecified atom stereocenters. The van der Waals surface area contributed by atoms with Gasteiger partial charge in [0.15, 0.2) is 0 Å². The molecule has 0 saturated carbocycles. The summed E-state index contributed by atoms with van der Waals surface area (Å²) in [6.45, 7) is 6.21. The van der Waals surface area contributed by atoms with Crippen LogP contribution in [0.5, 0.6) is 0 Å². The quantitative estimate of drug-likeness (QED) is 0.683. The second kappa shape index (κ2) is 5.87. The van der Waals surface area contributed by atoms with Gasteiger partial charge in [0.05, 0.1) is 17.1 Å². The van der Waals surface area contributed by atoms with E-state index in [2.05, 4.69) is 29.0 Å². The molecule has 7 heteroatoms. The first-order valence-corrected chi connectivity index (χ1v) is 7.63. The summed E-state index contributed by atoms with van der Waals surface area (Å²) in [7, 11) is 1.72. The monoisotopic (exact) mass is 296 g/mol. The van der Waals surface area contributed by atoms with E-state index in [0.717, 1.165) is 25.3 Å². The highest BCUT2D eigenvalue weighted by Crippen LogP contribution is 2.33. The molecule has 1 aromatic rings. The lowest BCUT2D eigenvalue weighted by atomic mass is 10.1. The van der Waals surface area contributed by atoms with Gasteiger partial charge in [-0.05, 0) is 6.42 Å². The van der Waals surface area contributed by atoms with Crippen LogP contribution in [0.15, 0.2) is 12.1 Å². The first kappa shape index (κ1) is 14.9. The second-order valence-electron chi connectivity index (χ2n) is 5.42. The number of aromatic nitrogens is 1. The largest absolute Gasteiger partial charge is 0.373 e. The Kier molecular flexibility index (Phi) is 4.37. The third-order valence-electron chi connectivity index (χ3n) is 3.43. The van der Waals surface area contributed by atoms with E-state index in [4.69, 9.17) is 0 Å². The first-order valence-electron chi connectivity index (χ1n) is 6.64. The normalized spacial score (nSPS) is 18.4. The van der Waals surface area contributed by atoms with Gasteiger partial charge in [0, 0.05) is 30.6 Å². The molecule has 0 aromatic carbocycles. The third-order valence-corrected chi connectivity index (χ3v) is 4.80. The number of anilines is 2. The summed E-state index contributed by atoms with van der Waals surface area (Å²) in [4.78, 5) is 17.2. The molecule has 110 valence electrons. The minimum Gasteiger partial charge on any atom is -0.373 e. The molecule has 0 aliphatic carbocycles. The van der Waals surface area contributed by atoms with Crippen molar-refractivity contribution in [1.82, 2.24) is 4.98 Å². The minimum atomic E-state index is -0.372. The van der Waals surface area contributed by atoms with E-state index < -0.39 is 0 Å². The number of rotatable bonds is 3. The van der Waals surface area contributed by atoms with E-state index in [1.807, 2.05) is 11.8 Å². The number of pyridine rings is 1. The van der Waals surface area contributed by atoms with Crippen LogP contribution < -0.4 is 10.2 Å². The van der Waals surface area contributed by atoms with E-state index in [0.29, 0.717) is 11.6 Å². The standard InChI is InChI=1S/C13H20N4O2S/c1-13(2)4-5-16(6-7-20-13)12-9-10(17(18)19)8-11(14-3)15-12/h8-9H,4-7H2,1-3H3,(H,14,15). The van der Waals surface area contributed by atoms with Crippen molar-refractivity contribution >= 4 is 29.1 Å². The number of nitrogens with zero attached hydrogens (tertiary/aromatic N) is 3. The highest BCUT2D eigenvalue weighted by Gasteiger charge is 2.25. The van der Waals surface area contributed by atoms with E-state index in [9.17, 15) is 10.1 Å². The molecule has 1 aliphatic heterocycles. The van der Waals surface area contributed by atoms with Crippen LogP contribution in [0.4, 0.5) is 17.3 Å². The molecule has 0 spiro atoms. The van der Waals surface area contributed by atoms with Crippen molar-refractivity contribution in [3.63, 3.8) is 0 Å². The molecule has 2 rings (SSSR count). The third kappa shape index (κ3) is 3.53. The summed E-state index contributed by atoms with van der Waals surface area (Å²) in [6, 6.07) is 3.02. The molecule has 6 nitrogen and oxygen atoms in total. The van der Waals surface area contributed by atoms with Gasteiger partial charge in [-0.2, -0.15) is 11.8 Å². The summed E-state index contributed by atoms with van der Waals surface area (Å²) in [6.07, 6.45) is 1.04. The Bertz CT molecular complexity index is 507. The fourth-order valence-electron chi connectivity index (χ4n) is 2.15. The van der Waals surface area contributed by atoms with Crippen LogP contribution in [0.3, 0.4) is 0 Å². The van der Waals surface area contributed by atoms with Gasteiger partial charge >= 0.3 is 0 Å². The molecular formula is C13H20N4O2S. The summed E-state index contributed by atoms with van der Waals surface area (Å²) >= 11 is 1.94. The van der Waals surface area contributed by atoms with Gasteiger partial charge in [-0.1, -0.05) is 13.8 Å². The van der Waals surface area contributed by atoms with Crippen LogP contribution in [0, 0.1) is 10.1 Å². The molecule has 1 fully saturated rings. The van der Waals surface area contributed by atoms with Crippen molar-refractivity contribution in [2.24, 2.45) is 0 Å². The van der Waals surface area contributed by atoms with Crippen LogP contribution in [0.2, 0.25) is 0 Å². The molecule has 20 heavy (non-hydrogen) atoms. The molecule has 1 N–H and O–H groups in total. The SMILES string of the molecule is CNc1cc([N+](=O)[O-])cc(N2CCSC(C)(C)CC2)n1. The fraction of sp³-hybridized carbons (Fsp3) is 0.615. The van der Waals surface area contributed by atoms with E-state index in [-0.39, 0.29) is 15.4 Å². The van der Waals surface area contributed by atoms with Crippen molar-refractivity contribution in [1.29, 1.82) is 0 Å². The highest BCUT2D eigenvalue weighted by molar-refractivity contribution is 8.00. The number of thioether (sulfide) groups is 1. The minimum absolute atomic E-state index is 0.0792. The zero-order valence-electron chi connectivity index (χ0n) is 12.0. The molecule has 1 aliphatic rings. The predicted octanol–water partition coefficient (Wildman–Crippen LogP) is 2.75. The highest BCUT2D eigenvalue weighted by atomic mass is 32.2. The maximum absolute atomic E-state index is 11.0. The molecule has 0 bridgehead atoms. The van der Waals surface area contributed by atoms with Crippen molar-refractivity contribution in [3.05, 3.63) is 22.2 Å². The average Bonchev–Trinajstić information content (AvgIpc) is 2.59. The Hall–Kier alpha value is -1.50. The Morgan fingerprint density at radius 1 is 1.45 bits per heavy atom. The molecular weight excluding hydrogens is 276 g/mol. The number of hydrogen-bond acceptors (Lipinski definition) is 6. The number of nitrogens with one attached hydrogen (secondary N) is 1. The maximum atomic E-state index is 11.0. The van der Waals surface area contributed by atoms with Crippen LogP contribution in [-0.4, -0.2) is 40.5 Å². The zero-order valence-corrected chi connectivity index (χ0v) is 12.9. The van der Waals surface area contributed by atoms with E-state index in [1.54, 1.807) is 13.1 Å². The Labute approximate surface area is 123 Å². The van der Waals surface area contributed by atoms with Gasteiger partial charge in [-0.15, -0.1) is 0 Å². The second-order valence-corrected chi connectivity index (χ2v) is 7.22. The van der Waals surface area contributed by atoms with Crippen LogP contribution in [0.25, 0.3) is 0 Å². The molecule has 1 saturated heterocycles. The Morgan fingerprint density at radius 2 is 2.20 bits per heavy atom. The van der Waals surface area contributed by atoms with Gasteiger partial charge in [0.1, 0.15) is 11.6 Å². The molecule has 2 heterocycles. The zero-order chi connectivity index (χ0) is 14.8.